The van der Waals surface area contributed by atoms with Gasteiger partial charge in [-0.1, -0.05) is 12.1 Å². The topological polar surface area (TPSA) is 71.1 Å². The minimum absolute atomic E-state index is 0.0910. The molecular weight excluding hydrogens is 285 g/mol. The number of anilines is 1. The van der Waals surface area contributed by atoms with Crippen molar-refractivity contribution in [1.82, 2.24) is 10.3 Å². The van der Waals surface area contributed by atoms with Gasteiger partial charge in [0.05, 0.1) is 5.69 Å². The number of para-hydroxylation sites is 1. The molecule has 112 valence electrons. The number of amides is 2. The van der Waals surface area contributed by atoms with Gasteiger partial charge in [-0.15, -0.1) is 0 Å². The van der Waals surface area contributed by atoms with Gasteiger partial charge in [-0.2, -0.15) is 0 Å². The van der Waals surface area contributed by atoms with Crippen molar-refractivity contribution in [2.45, 2.75) is 18.9 Å². The van der Waals surface area contributed by atoms with Crippen molar-refractivity contribution >= 4 is 17.5 Å². The van der Waals surface area contributed by atoms with Crippen LogP contribution in [0.2, 0.25) is 0 Å². The van der Waals surface area contributed by atoms with Gasteiger partial charge in [-0.05, 0) is 37.1 Å². The lowest BCUT2D eigenvalue weighted by Gasteiger charge is -2.07. The van der Waals surface area contributed by atoms with Crippen LogP contribution in [0.3, 0.4) is 0 Å². The monoisotopic (exact) mass is 299 g/mol. The van der Waals surface area contributed by atoms with Gasteiger partial charge in [0.2, 0.25) is 0 Å². The summed E-state index contributed by atoms with van der Waals surface area (Å²) in [5.74, 6) is -1.31. The smallest absolute Gasteiger partial charge is 0.270 e. The Hall–Kier alpha value is -2.76. The third kappa shape index (κ3) is 3.28. The maximum absolute atomic E-state index is 13.5. The van der Waals surface area contributed by atoms with Crippen molar-refractivity contribution in [2.24, 2.45) is 0 Å². The Balaban J connectivity index is 1.75. The lowest BCUT2D eigenvalue weighted by atomic mass is 10.2. The van der Waals surface area contributed by atoms with Crippen LogP contribution >= 0.6 is 0 Å². The van der Waals surface area contributed by atoms with Crippen molar-refractivity contribution in [3.63, 3.8) is 0 Å². The van der Waals surface area contributed by atoms with Gasteiger partial charge in [0.25, 0.3) is 11.8 Å². The number of nitrogens with zero attached hydrogens (tertiary/aromatic N) is 1. The Kier molecular flexibility index (Phi) is 3.82. The third-order valence-corrected chi connectivity index (χ3v) is 3.29. The predicted octanol–water partition coefficient (Wildman–Crippen LogP) is 2.37. The van der Waals surface area contributed by atoms with Crippen molar-refractivity contribution in [3.8, 4) is 0 Å². The van der Waals surface area contributed by atoms with Crippen molar-refractivity contribution in [2.75, 3.05) is 5.32 Å². The van der Waals surface area contributed by atoms with E-state index in [1.54, 1.807) is 6.07 Å². The van der Waals surface area contributed by atoms with Crippen LogP contribution in [0.1, 0.15) is 33.7 Å². The average Bonchev–Trinajstić information content (AvgIpc) is 3.33. The third-order valence-electron chi connectivity index (χ3n) is 3.29. The van der Waals surface area contributed by atoms with Gasteiger partial charge in [-0.25, -0.2) is 4.39 Å². The van der Waals surface area contributed by atoms with Gasteiger partial charge in [-0.3, -0.25) is 14.6 Å². The molecule has 0 aliphatic heterocycles. The first-order chi connectivity index (χ1) is 10.6. The van der Waals surface area contributed by atoms with Gasteiger partial charge in [0.15, 0.2) is 0 Å². The summed E-state index contributed by atoms with van der Waals surface area (Å²) in [5, 5.41) is 5.27. The number of pyridine rings is 1. The molecule has 1 aliphatic carbocycles. The van der Waals surface area contributed by atoms with E-state index in [-0.39, 0.29) is 28.9 Å². The van der Waals surface area contributed by atoms with Gasteiger partial charge in [0.1, 0.15) is 11.5 Å². The first kappa shape index (κ1) is 14.2. The molecule has 3 rings (SSSR count). The predicted molar refractivity (Wildman–Crippen MR) is 79.1 cm³/mol. The van der Waals surface area contributed by atoms with E-state index < -0.39 is 11.7 Å². The largest absolute Gasteiger partial charge is 0.348 e. The summed E-state index contributed by atoms with van der Waals surface area (Å²) in [4.78, 5) is 28.0. The van der Waals surface area contributed by atoms with Crippen LogP contribution in [-0.4, -0.2) is 22.8 Å². The number of aromatic nitrogens is 1. The number of benzene rings is 1. The molecule has 1 saturated carbocycles. The summed E-state index contributed by atoms with van der Waals surface area (Å²) in [5.41, 5.74) is 0.514. The van der Waals surface area contributed by atoms with E-state index in [0.717, 1.165) is 12.8 Å². The SMILES string of the molecule is O=C(Nc1ccccc1F)c1ccnc(C(=O)NC2CC2)c1. The van der Waals surface area contributed by atoms with Gasteiger partial charge >= 0.3 is 0 Å². The zero-order chi connectivity index (χ0) is 15.5. The lowest BCUT2D eigenvalue weighted by molar-refractivity contribution is 0.0946. The van der Waals surface area contributed by atoms with Gasteiger partial charge < -0.3 is 10.6 Å². The maximum atomic E-state index is 13.5. The molecule has 6 heteroatoms. The number of halogens is 1. The fourth-order valence-corrected chi connectivity index (χ4v) is 1.94. The second-order valence-electron chi connectivity index (χ2n) is 5.11. The van der Waals surface area contributed by atoms with E-state index in [2.05, 4.69) is 15.6 Å². The molecule has 22 heavy (non-hydrogen) atoms. The number of nitrogens with one attached hydrogen (secondary N) is 2. The highest BCUT2D eigenvalue weighted by atomic mass is 19.1. The minimum Gasteiger partial charge on any atom is -0.348 e. The molecule has 0 spiro atoms. The van der Waals surface area contributed by atoms with E-state index in [1.807, 2.05) is 0 Å². The molecule has 0 atom stereocenters. The highest BCUT2D eigenvalue weighted by Gasteiger charge is 2.24. The Morgan fingerprint density at radius 3 is 2.64 bits per heavy atom. The number of rotatable bonds is 4. The van der Waals surface area contributed by atoms with Crippen molar-refractivity contribution in [3.05, 3.63) is 59.7 Å². The summed E-state index contributed by atoms with van der Waals surface area (Å²) in [6.45, 7) is 0. The zero-order valence-electron chi connectivity index (χ0n) is 11.7. The quantitative estimate of drug-likeness (QED) is 0.910. The fourth-order valence-electron chi connectivity index (χ4n) is 1.94. The molecule has 2 amide bonds. The lowest BCUT2D eigenvalue weighted by Crippen LogP contribution is -2.26. The average molecular weight is 299 g/mol. The van der Waals surface area contributed by atoms with Crippen molar-refractivity contribution < 1.29 is 14.0 Å². The molecule has 0 saturated heterocycles. The highest BCUT2D eigenvalue weighted by Crippen LogP contribution is 2.19. The second kappa shape index (κ2) is 5.93. The first-order valence-electron chi connectivity index (χ1n) is 6.96. The van der Waals surface area contributed by atoms with Crippen LogP contribution in [0.25, 0.3) is 0 Å². The molecular formula is C16H14FN3O2. The molecule has 2 aromatic rings. The summed E-state index contributed by atoms with van der Waals surface area (Å²) >= 11 is 0. The Morgan fingerprint density at radius 1 is 1.14 bits per heavy atom. The maximum Gasteiger partial charge on any atom is 0.270 e. The van der Waals surface area contributed by atoms with E-state index in [0.29, 0.717) is 0 Å². The summed E-state index contributed by atoms with van der Waals surface area (Å²) in [6.07, 6.45) is 3.33. The van der Waals surface area contributed by atoms with Crippen molar-refractivity contribution in [1.29, 1.82) is 0 Å². The number of hydrogen-bond donors (Lipinski definition) is 2. The first-order valence-corrected chi connectivity index (χ1v) is 6.96. The van der Waals surface area contributed by atoms with E-state index >= 15 is 0 Å². The number of hydrogen-bond acceptors (Lipinski definition) is 3. The number of carbonyl (C=O) groups excluding carboxylic acids is 2. The Bertz CT molecular complexity index is 729. The molecule has 1 fully saturated rings. The fraction of sp³-hybridized carbons (Fsp3) is 0.188. The normalized spacial score (nSPS) is 13.5. The zero-order valence-corrected chi connectivity index (χ0v) is 11.7. The van der Waals surface area contributed by atoms with Gasteiger partial charge in [0, 0.05) is 17.8 Å². The van der Waals surface area contributed by atoms with E-state index in [4.69, 9.17) is 0 Å². The molecule has 5 nitrogen and oxygen atoms in total. The van der Waals surface area contributed by atoms with Crippen LogP contribution in [0.4, 0.5) is 10.1 Å². The highest BCUT2D eigenvalue weighted by molar-refractivity contribution is 6.05. The Labute approximate surface area is 126 Å². The molecule has 1 heterocycles. The minimum atomic E-state index is -0.517. The molecule has 0 radical (unpaired) electrons. The summed E-state index contributed by atoms with van der Waals surface area (Å²) in [7, 11) is 0. The molecule has 2 N–H and O–H groups in total. The number of carbonyl (C=O) groups is 2. The van der Waals surface area contributed by atoms with Crippen LogP contribution in [0.15, 0.2) is 42.6 Å². The van der Waals surface area contributed by atoms with Crippen LogP contribution < -0.4 is 10.6 Å². The van der Waals surface area contributed by atoms with Crippen LogP contribution in [-0.2, 0) is 0 Å². The molecule has 1 aromatic heterocycles. The standard InChI is InChI=1S/C16H14FN3O2/c17-12-3-1-2-4-13(12)20-15(21)10-7-8-18-14(9-10)16(22)19-11-5-6-11/h1-4,7-9,11H,5-6H2,(H,19,22)(H,20,21). The van der Waals surface area contributed by atoms with Crippen LogP contribution in [0, 0.1) is 5.82 Å². The second-order valence-corrected chi connectivity index (χ2v) is 5.11. The molecule has 1 aromatic carbocycles. The molecule has 0 unspecified atom stereocenters. The van der Waals surface area contributed by atoms with Crippen LogP contribution in [0.5, 0.6) is 0 Å². The molecule has 0 bridgehead atoms. The molecule has 1 aliphatic rings. The summed E-state index contributed by atoms with van der Waals surface area (Å²) < 4.78 is 13.5. The summed E-state index contributed by atoms with van der Waals surface area (Å²) in [6, 6.07) is 8.98. The van der Waals surface area contributed by atoms with E-state index in [1.165, 1.54) is 36.5 Å². The Morgan fingerprint density at radius 2 is 1.91 bits per heavy atom. The van der Waals surface area contributed by atoms with E-state index in [9.17, 15) is 14.0 Å².